The van der Waals surface area contributed by atoms with Gasteiger partial charge >= 0.3 is 5.97 Å². The van der Waals surface area contributed by atoms with Gasteiger partial charge in [-0.2, -0.15) is 0 Å². The van der Waals surface area contributed by atoms with Crippen LogP contribution >= 0.6 is 45.2 Å². The van der Waals surface area contributed by atoms with Crippen molar-refractivity contribution in [3.63, 3.8) is 0 Å². The fraction of sp³-hybridized carbons (Fsp3) is 0.222. The topological polar surface area (TPSA) is 77.8 Å². The predicted octanol–water partition coefficient (Wildman–Crippen LogP) is 1.59. The van der Waals surface area contributed by atoms with Gasteiger partial charge in [-0.05, 0) is 62.9 Å². The second kappa shape index (κ2) is 5.30. The first kappa shape index (κ1) is 13.0. The maximum Gasteiger partial charge on any atom is 0.332 e. The van der Waals surface area contributed by atoms with Crippen molar-refractivity contribution < 1.29 is 20.1 Å². The van der Waals surface area contributed by atoms with Crippen LogP contribution in [0.15, 0.2) is 12.1 Å². The van der Waals surface area contributed by atoms with E-state index in [-0.39, 0.29) is 12.2 Å². The molecular weight excluding hydrogens is 426 g/mol. The quantitative estimate of drug-likeness (QED) is 0.632. The van der Waals surface area contributed by atoms with Crippen molar-refractivity contribution in [1.29, 1.82) is 0 Å². The van der Waals surface area contributed by atoms with Gasteiger partial charge in [-0.25, -0.2) is 4.79 Å². The van der Waals surface area contributed by atoms with Crippen LogP contribution in [0.5, 0.6) is 5.75 Å². The summed E-state index contributed by atoms with van der Waals surface area (Å²) < 4.78 is 1.29. The summed E-state index contributed by atoms with van der Waals surface area (Å²) in [5.74, 6) is -1.06. The highest BCUT2D eigenvalue weighted by Gasteiger charge is 2.15. The highest BCUT2D eigenvalue weighted by molar-refractivity contribution is 14.1. The maximum atomic E-state index is 10.4. The van der Waals surface area contributed by atoms with Gasteiger partial charge < -0.3 is 15.3 Å². The van der Waals surface area contributed by atoms with E-state index < -0.39 is 12.1 Å². The standard InChI is InChI=1S/C9H8I2O4/c10-5-1-4(2-6(11)8(5)13)3-7(12)9(14)15/h1-2,7,12-13H,3H2,(H,14,15)/t7-/m0/s1. The highest BCUT2D eigenvalue weighted by Crippen LogP contribution is 2.27. The van der Waals surface area contributed by atoms with E-state index >= 15 is 0 Å². The van der Waals surface area contributed by atoms with Gasteiger partial charge in [0.15, 0.2) is 6.10 Å². The SMILES string of the molecule is O=C(O)[C@@H](O)Cc1cc(I)c(O)c(I)c1. The van der Waals surface area contributed by atoms with Crippen molar-refractivity contribution in [2.75, 3.05) is 0 Å². The van der Waals surface area contributed by atoms with Crippen LogP contribution in [0, 0.1) is 7.14 Å². The molecule has 1 aromatic rings. The van der Waals surface area contributed by atoms with Gasteiger partial charge in [-0.15, -0.1) is 0 Å². The van der Waals surface area contributed by atoms with Gasteiger partial charge in [0.2, 0.25) is 0 Å². The van der Waals surface area contributed by atoms with E-state index in [1.165, 1.54) is 0 Å². The lowest BCUT2D eigenvalue weighted by molar-refractivity contribution is -0.146. The fourth-order valence-electron chi connectivity index (χ4n) is 1.05. The van der Waals surface area contributed by atoms with Crippen molar-refractivity contribution in [1.82, 2.24) is 0 Å². The molecule has 0 bridgehead atoms. The molecule has 1 atom stereocenters. The molecule has 0 radical (unpaired) electrons. The molecule has 1 aromatic carbocycles. The molecule has 0 saturated heterocycles. The summed E-state index contributed by atoms with van der Waals surface area (Å²) >= 11 is 3.91. The van der Waals surface area contributed by atoms with Gasteiger partial charge in [0.05, 0.1) is 7.14 Å². The number of aliphatic hydroxyl groups is 1. The number of hydrogen-bond donors (Lipinski definition) is 3. The average molecular weight is 434 g/mol. The second-order valence-corrected chi connectivity index (χ2v) is 5.29. The Morgan fingerprint density at radius 1 is 1.33 bits per heavy atom. The monoisotopic (exact) mass is 434 g/mol. The molecule has 3 N–H and O–H groups in total. The van der Waals surface area contributed by atoms with Crippen molar-refractivity contribution in [3.8, 4) is 5.75 Å². The van der Waals surface area contributed by atoms with E-state index in [1.807, 2.05) is 45.2 Å². The Labute approximate surface area is 114 Å². The third kappa shape index (κ3) is 3.45. The van der Waals surface area contributed by atoms with E-state index in [2.05, 4.69) is 0 Å². The number of carboxylic acid groups (broad SMARTS) is 1. The van der Waals surface area contributed by atoms with E-state index in [1.54, 1.807) is 12.1 Å². The van der Waals surface area contributed by atoms with E-state index in [0.717, 1.165) is 0 Å². The predicted molar refractivity (Wildman–Crippen MR) is 70.9 cm³/mol. The van der Waals surface area contributed by atoms with E-state index in [0.29, 0.717) is 12.7 Å². The highest BCUT2D eigenvalue weighted by atomic mass is 127. The zero-order valence-corrected chi connectivity index (χ0v) is 11.8. The van der Waals surface area contributed by atoms with E-state index in [9.17, 15) is 9.90 Å². The molecule has 15 heavy (non-hydrogen) atoms. The van der Waals surface area contributed by atoms with Crippen LogP contribution in [-0.2, 0) is 11.2 Å². The zero-order valence-electron chi connectivity index (χ0n) is 7.44. The number of aromatic hydroxyl groups is 1. The summed E-state index contributed by atoms with van der Waals surface area (Å²) in [6.45, 7) is 0. The van der Waals surface area contributed by atoms with Crippen molar-refractivity contribution >= 4 is 51.2 Å². The molecule has 4 nitrogen and oxygen atoms in total. The molecule has 6 heteroatoms. The molecule has 0 saturated carbocycles. The number of benzene rings is 1. The van der Waals surface area contributed by atoms with E-state index in [4.69, 9.17) is 10.2 Å². The van der Waals surface area contributed by atoms with Crippen molar-refractivity contribution in [2.24, 2.45) is 0 Å². The summed E-state index contributed by atoms with van der Waals surface area (Å²) in [4.78, 5) is 10.4. The van der Waals surface area contributed by atoms with Crippen LogP contribution in [0.25, 0.3) is 0 Å². The van der Waals surface area contributed by atoms with Gasteiger partial charge in [0.25, 0.3) is 0 Å². The number of hydrogen-bond acceptors (Lipinski definition) is 3. The van der Waals surface area contributed by atoms with Crippen molar-refractivity contribution in [3.05, 3.63) is 24.8 Å². The summed E-state index contributed by atoms with van der Waals surface area (Å²) in [5, 5.41) is 27.2. The Morgan fingerprint density at radius 2 is 1.80 bits per heavy atom. The molecule has 0 spiro atoms. The number of rotatable bonds is 3. The Balaban J connectivity index is 2.92. The van der Waals surface area contributed by atoms with Crippen LogP contribution in [0.3, 0.4) is 0 Å². The number of halogens is 2. The first-order valence-corrected chi connectivity index (χ1v) is 6.15. The van der Waals surface area contributed by atoms with Crippen LogP contribution in [0.1, 0.15) is 5.56 Å². The smallest absolute Gasteiger partial charge is 0.332 e. The van der Waals surface area contributed by atoms with Crippen LogP contribution in [0.2, 0.25) is 0 Å². The molecule has 82 valence electrons. The molecule has 0 fully saturated rings. The lowest BCUT2D eigenvalue weighted by Gasteiger charge is -2.08. The molecule has 0 aromatic heterocycles. The van der Waals surface area contributed by atoms with Gasteiger partial charge in [-0.1, -0.05) is 0 Å². The minimum atomic E-state index is -1.40. The Kier molecular flexibility index (Phi) is 4.59. The van der Waals surface area contributed by atoms with Crippen molar-refractivity contribution in [2.45, 2.75) is 12.5 Å². The molecule has 0 heterocycles. The van der Waals surface area contributed by atoms with Crippen LogP contribution < -0.4 is 0 Å². The third-order valence-electron chi connectivity index (χ3n) is 1.79. The Bertz CT molecular complexity index is 369. The number of carbonyl (C=O) groups is 1. The van der Waals surface area contributed by atoms with Gasteiger partial charge in [0.1, 0.15) is 5.75 Å². The molecule has 0 unspecified atom stereocenters. The summed E-state index contributed by atoms with van der Waals surface area (Å²) in [5.41, 5.74) is 0.691. The second-order valence-electron chi connectivity index (χ2n) is 2.97. The minimum Gasteiger partial charge on any atom is -0.506 e. The largest absolute Gasteiger partial charge is 0.506 e. The number of aliphatic hydroxyl groups excluding tert-OH is 1. The lowest BCUT2D eigenvalue weighted by Crippen LogP contribution is -2.22. The summed E-state index contributed by atoms with van der Waals surface area (Å²) in [6, 6.07) is 3.31. The summed E-state index contributed by atoms with van der Waals surface area (Å²) in [7, 11) is 0. The molecule has 0 aliphatic rings. The molecule has 0 aliphatic carbocycles. The number of phenols is 1. The number of carboxylic acids is 1. The Morgan fingerprint density at radius 3 is 2.20 bits per heavy atom. The number of aliphatic carboxylic acids is 1. The zero-order chi connectivity index (χ0) is 11.6. The normalized spacial score (nSPS) is 12.5. The minimum absolute atomic E-state index is 0.0433. The molecular formula is C9H8I2O4. The maximum absolute atomic E-state index is 10.4. The van der Waals surface area contributed by atoms with Crippen LogP contribution in [0.4, 0.5) is 0 Å². The van der Waals surface area contributed by atoms with Crippen LogP contribution in [-0.4, -0.2) is 27.4 Å². The van der Waals surface area contributed by atoms with Gasteiger partial charge in [-0.3, -0.25) is 0 Å². The fourth-order valence-corrected chi connectivity index (χ4v) is 2.94. The molecule has 0 aliphatic heterocycles. The third-order valence-corrected chi connectivity index (χ3v) is 3.44. The number of phenolic OH excluding ortho intramolecular Hbond substituents is 1. The lowest BCUT2D eigenvalue weighted by atomic mass is 10.1. The Hall–Kier alpha value is -0.0900. The van der Waals surface area contributed by atoms with Gasteiger partial charge in [0, 0.05) is 6.42 Å². The first-order chi connectivity index (χ1) is 6.91. The molecule has 0 amide bonds. The molecule has 1 rings (SSSR count). The first-order valence-electron chi connectivity index (χ1n) is 3.99. The summed E-state index contributed by atoms with van der Waals surface area (Å²) in [6.07, 6.45) is -1.36. The average Bonchev–Trinajstić information content (AvgIpc) is 2.13.